The van der Waals surface area contributed by atoms with Gasteiger partial charge in [0.2, 0.25) is 0 Å². The zero-order valence-corrected chi connectivity index (χ0v) is 10.7. The first-order chi connectivity index (χ1) is 6.86. The summed E-state index contributed by atoms with van der Waals surface area (Å²) in [7, 11) is 0. The molecule has 0 N–H and O–H groups in total. The summed E-state index contributed by atoms with van der Waals surface area (Å²) >= 11 is 7.81. The van der Waals surface area contributed by atoms with Crippen LogP contribution < -0.4 is 0 Å². The molecule has 0 saturated carbocycles. The van der Waals surface area contributed by atoms with Crippen molar-refractivity contribution < 1.29 is 0 Å². The second-order valence-electron chi connectivity index (χ2n) is 3.98. The predicted octanol–water partition coefficient (Wildman–Crippen LogP) is 3.08. The Labute approximate surface area is 97.6 Å². The van der Waals surface area contributed by atoms with E-state index in [4.69, 9.17) is 11.6 Å². The zero-order chi connectivity index (χ0) is 10.2. The summed E-state index contributed by atoms with van der Waals surface area (Å²) in [4.78, 5) is 2.60. The number of alkyl halides is 1. The van der Waals surface area contributed by atoms with Gasteiger partial charge in [-0.2, -0.15) is 11.8 Å². The Bertz CT molecular complexity index is 143. The zero-order valence-electron chi connectivity index (χ0n) is 9.17. The summed E-state index contributed by atoms with van der Waals surface area (Å²) in [5, 5.41) is 0. The fourth-order valence-electron chi connectivity index (χ4n) is 2.04. The van der Waals surface area contributed by atoms with Crippen LogP contribution in [0, 0.1) is 5.92 Å². The van der Waals surface area contributed by atoms with Crippen LogP contribution in [0.2, 0.25) is 0 Å². The van der Waals surface area contributed by atoms with Crippen LogP contribution in [-0.2, 0) is 0 Å². The Kier molecular flexibility index (Phi) is 7.09. The molecule has 1 heterocycles. The highest BCUT2D eigenvalue weighted by Crippen LogP contribution is 2.20. The van der Waals surface area contributed by atoms with Crippen LogP contribution in [-0.4, -0.2) is 41.9 Å². The van der Waals surface area contributed by atoms with Crippen LogP contribution in [0.1, 0.15) is 26.2 Å². The second kappa shape index (κ2) is 7.84. The van der Waals surface area contributed by atoms with E-state index in [2.05, 4.69) is 23.6 Å². The van der Waals surface area contributed by atoms with Gasteiger partial charge in [-0.1, -0.05) is 6.92 Å². The number of nitrogens with zero attached hydrogens (tertiary/aromatic N) is 1. The van der Waals surface area contributed by atoms with E-state index in [1.807, 2.05) is 0 Å². The van der Waals surface area contributed by atoms with Crippen LogP contribution in [0.4, 0.5) is 0 Å². The maximum atomic E-state index is 5.75. The average molecular weight is 236 g/mol. The van der Waals surface area contributed by atoms with Crippen molar-refractivity contribution in [2.24, 2.45) is 5.92 Å². The van der Waals surface area contributed by atoms with Crippen LogP contribution in [0.5, 0.6) is 0 Å². The van der Waals surface area contributed by atoms with E-state index in [0.717, 1.165) is 11.8 Å². The van der Waals surface area contributed by atoms with Crippen molar-refractivity contribution in [3.05, 3.63) is 0 Å². The van der Waals surface area contributed by atoms with Crippen molar-refractivity contribution in [2.75, 3.05) is 37.0 Å². The molecule has 0 aromatic carbocycles. The molecule has 1 atom stereocenters. The van der Waals surface area contributed by atoms with E-state index in [9.17, 15) is 0 Å². The van der Waals surface area contributed by atoms with Crippen LogP contribution >= 0.6 is 23.4 Å². The first-order valence-electron chi connectivity index (χ1n) is 5.73. The van der Waals surface area contributed by atoms with Crippen molar-refractivity contribution in [3.8, 4) is 0 Å². The molecule has 0 aliphatic carbocycles. The molecule has 0 radical (unpaired) electrons. The van der Waals surface area contributed by atoms with Gasteiger partial charge in [0.15, 0.2) is 0 Å². The highest BCUT2D eigenvalue weighted by atomic mass is 35.5. The number of halogens is 1. The third-order valence-corrected chi connectivity index (χ3v) is 4.06. The summed E-state index contributed by atoms with van der Waals surface area (Å²) in [6.45, 7) is 6.13. The minimum Gasteiger partial charge on any atom is -0.303 e. The van der Waals surface area contributed by atoms with Crippen LogP contribution in [0.3, 0.4) is 0 Å². The summed E-state index contributed by atoms with van der Waals surface area (Å²) < 4.78 is 0. The molecule has 0 aromatic rings. The smallest absolute Gasteiger partial charge is 0.0226 e. The Morgan fingerprint density at radius 2 is 2.36 bits per heavy atom. The minimum atomic E-state index is 0.837. The van der Waals surface area contributed by atoms with Crippen molar-refractivity contribution >= 4 is 23.4 Å². The maximum absolute atomic E-state index is 5.75. The molecule has 1 aliphatic rings. The molecule has 1 nitrogen and oxygen atoms in total. The lowest BCUT2D eigenvalue weighted by Gasteiger charge is -2.15. The highest BCUT2D eigenvalue weighted by Gasteiger charge is 2.20. The van der Waals surface area contributed by atoms with E-state index < -0.39 is 0 Å². The quantitative estimate of drug-likeness (QED) is 0.493. The maximum Gasteiger partial charge on any atom is 0.0226 e. The fraction of sp³-hybridized carbons (Fsp3) is 1.00. The number of hydrogen-bond donors (Lipinski definition) is 0. The molecule has 14 heavy (non-hydrogen) atoms. The van der Waals surface area contributed by atoms with Gasteiger partial charge >= 0.3 is 0 Å². The van der Waals surface area contributed by atoms with Gasteiger partial charge in [-0.05, 0) is 49.8 Å². The molecule has 3 heteroatoms. The molecule has 0 bridgehead atoms. The van der Waals surface area contributed by atoms with Gasteiger partial charge < -0.3 is 4.90 Å². The van der Waals surface area contributed by atoms with Gasteiger partial charge in [0.25, 0.3) is 0 Å². The summed E-state index contributed by atoms with van der Waals surface area (Å²) in [6.07, 6.45) is 3.93. The third kappa shape index (κ3) is 4.90. The minimum absolute atomic E-state index is 0.837. The summed E-state index contributed by atoms with van der Waals surface area (Å²) in [5.74, 6) is 4.30. The molecule has 0 amide bonds. The largest absolute Gasteiger partial charge is 0.303 e. The predicted molar refractivity (Wildman–Crippen MR) is 67.5 cm³/mol. The Hall–Kier alpha value is 0.600. The molecular weight excluding hydrogens is 214 g/mol. The summed E-state index contributed by atoms with van der Waals surface area (Å²) in [6, 6.07) is 0. The van der Waals surface area contributed by atoms with Gasteiger partial charge in [0, 0.05) is 12.4 Å². The molecule has 1 saturated heterocycles. The SMILES string of the molecule is CCSCCCN1CCC(CCCl)C1. The Morgan fingerprint density at radius 3 is 3.07 bits per heavy atom. The van der Waals surface area contributed by atoms with E-state index in [-0.39, 0.29) is 0 Å². The molecule has 1 rings (SSSR count). The van der Waals surface area contributed by atoms with Gasteiger partial charge in [0.1, 0.15) is 0 Å². The van der Waals surface area contributed by atoms with E-state index in [1.54, 1.807) is 0 Å². The lowest BCUT2D eigenvalue weighted by Crippen LogP contribution is -2.22. The fourth-order valence-corrected chi connectivity index (χ4v) is 2.97. The number of hydrogen-bond acceptors (Lipinski definition) is 2. The molecule has 0 aromatic heterocycles. The van der Waals surface area contributed by atoms with Gasteiger partial charge in [0.05, 0.1) is 0 Å². The third-order valence-electron chi connectivity index (χ3n) is 2.85. The second-order valence-corrected chi connectivity index (χ2v) is 5.76. The van der Waals surface area contributed by atoms with Crippen molar-refractivity contribution in [2.45, 2.75) is 26.2 Å². The van der Waals surface area contributed by atoms with Gasteiger partial charge in [-0.15, -0.1) is 11.6 Å². The summed E-state index contributed by atoms with van der Waals surface area (Å²) in [5.41, 5.74) is 0. The van der Waals surface area contributed by atoms with Gasteiger partial charge in [-0.3, -0.25) is 0 Å². The van der Waals surface area contributed by atoms with Crippen molar-refractivity contribution in [1.29, 1.82) is 0 Å². The molecule has 1 aliphatic heterocycles. The van der Waals surface area contributed by atoms with E-state index in [0.29, 0.717) is 0 Å². The van der Waals surface area contributed by atoms with E-state index >= 15 is 0 Å². The Morgan fingerprint density at radius 1 is 1.50 bits per heavy atom. The van der Waals surface area contributed by atoms with Crippen LogP contribution in [0.25, 0.3) is 0 Å². The average Bonchev–Trinajstić information content (AvgIpc) is 2.61. The Balaban J connectivity index is 1.98. The standard InChI is InChI=1S/C11H22ClNS/c1-2-14-9-3-7-13-8-5-11(10-13)4-6-12/h11H,2-10H2,1H3. The molecule has 84 valence electrons. The number of rotatable bonds is 7. The van der Waals surface area contributed by atoms with E-state index in [1.165, 1.54) is 50.4 Å². The first kappa shape index (κ1) is 12.7. The van der Waals surface area contributed by atoms with Crippen molar-refractivity contribution in [3.63, 3.8) is 0 Å². The normalized spacial score (nSPS) is 23.1. The molecule has 1 fully saturated rings. The lowest BCUT2D eigenvalue weighted by atomic mass is 10.1. The molecule has 1 unspecified atom stereocenters. The number of likely N-dealkylation sites (tertiary alicyclic amines) is 1. The lowest BCUT2D eigenvalue weighted by molar-refractivity contribution is 0.324. The van der Waals surface area contributed by atoms with Crippen LogP contribution in [0.15, 0.2) is 0 Å². The molecule has 0 spiro atoms. The van der Waals surface area contributed by atoms with Crippen molar-refractivity contribution in [1.82, 2.24) is 4.90 Å². The molecular formula is C11H22ClNS. The topological polar surface area (TPSA) is 3.24 Å². The highest BCUT2D eigenvalue weighted by molar-refractivity contribution is 7.99. The number of thioether (sulfide) groups is 1. The van der Waals surface area contributed by atoms with Gasteiger partial charge in [-0.25, -0.2) is 0 Å². The first-order valence-corrected chi connectivity index (χ1v) is 7.41. The monoisotopic (exact) mass is 235 g/mol.